The lowest BCUT2D eigenvalue weighted by Crippen LogP contribution is -2.41. The van der Waals surface area contributed by atoms with Gasteiger partial charge in [0, 0.05) is 6.04 Å². The number of carboxylic acids is 1. The first kappa shape index (κ1) is 15.6. The van der Waals surface area contributed by atoms with Gasteiger partial charge in [0.25, 0.3) is 0 Å². The third kappa shape index (κ3) is 4.36. The number of aliphatic carboxylic acids is 1. The number of carboxylic acid groups (broad SMARTS) is 1. The highest BCUT2D eigenvalue weighted by molar-refractivity contribution is 6.33. The lowest BCUT2D eigenvalue weighted by atomic mass is 9.86. The molecule has 0 radical (unpaired) electrons. The van der Waals surface area contributed by atoms with Gasteiger partial charge >= 0.3 is 12.0 Å². The number of rotatable bonds is 3. The van der Waals surface area contributed by atoms with Crippen LogP contribution in [0.4, 0.5) is 10.5 Å². The first-order chi connectivity index (χ1) is 9.95. The van der Waals surface area contributed by atoms with Crippen LogP contribution in [-0.4, -0.2) is 23.1 Å². The fourth-order valence-electron chi connectivity index (χ4n) is 2.56. The Hall–Kier alpha value is -1.75. The van der Waals surface area contributed by atoms with Gasteiger partial charge < -0.3 is 15.7 Å². The van der Waals surface area contributed by atoms with Crippen LogP contribution in [0.25, 0.3) is 0 Å². The molecule has 2 amide bonds. The van der Waals surface area contributed by atoms with Gasteiger partial charge in [-0.05, 0) is 50.3 Å². The van der Waals surface area contributed by atoms with E-state index in [0.29, 0.717) is 36.4 Å². The Kier molecular flexibility index (Phi) is 5.07. The molecule has 6 heteroatoms. The van der Waals surface area contributed by atoms with Crippen LogP contribution in [0.1, 0.15) is 31.2 Å². The van der Waals surface area contributed by atoms with Gasteiger partial charge in [0.15, 0.2) is 0 Å². The summed E-state index contributed by atoms with van der Waals surface area (Å²) in [7, 11) is 0. The highest BCUT2D eigenvalue weighted by atomic mass is 35.5. The summed E-state index contributed by atoms with van der Waals surface area (Å²) >= 11 is 6.03. The Morgan fingerprint density at radius 3 is 2.52 bits per heavy atom. The van der Waals surface area contributed by atoms with E-state index < -0.39 is 5.97 Å². The molecule has 0 bridgehead atoms. The van der Waals surface area contributed by atoms with E-state index in [4.69, 9.17) is 16.7 Å². The van der Waals surface area contributed by atoms with E-state index in [2.05, 4.69) is 10.6 Å². The maximum Gasteiger partial charge on any atom is 0.319 e. The van der Waals surface area contributed by atoms with Gasteiger partial charge in [-0.2, -0.15) is 0 Å². The fourth-order valence-corrected chi connectivity index (χ4v) is 2.73. The number of nitrogens with one attached hydrogen (secondary N) is 2. The zero-order valence-corrected chi connectivity index (χ0v) is 12.6. The topological polar surface area (TPSA) is 78.4 Å². The summed E-state index contributed by atoms with van der Waals surface area (Å²) in [6.07, 6.45) is 2.58. The SMILES string of the molecule is Cc1ccc(Cl)c(NC(=O)NC2CCC(C(=O)O)CC2)c1. The average molecular weight is 311 g/mol. The lowest BCUT2D eigenvalue weighted by Gasteiger charge is -2.26. The molecule has 0 spiro atoms. The number of benzene rings is 1. The molecule has 0 aromatic heterocycles. The van der Waals surface area contributed by atoms with Crippen LogP contribution >= 0.6 is 11.6 Å². The summed E-state index contributed by atoms with van der Waals surface area (Å²) in [5.41, 5.74) is 1.59. The molecule has 1 aromatic carbocycles. The second kappa shape index (κ2) is 6.80. The van der Waals surface area contributed by atoms with E-state index in [0.717, 1.165) is 5.56 Å². The maximum absolute atomic E-state index is 12.0. The van der Waals surface area contributed by atoms with Gasteiger partial charge in [-0.15, -0.1) is 0 Å². The maximum atomic E-state index is 12.0. The molecule has 1 aliphatic carbocycles. The minimum Gasteiger partial charge on any atom is -0.481 e. The van der Waals surface area contributed by atoms with Gasteiger partial charge in [-0.25, -0.2) is 4.79 Å². The molecule has 1 fully saturated rings. The van der Waals surface area contributed by atoms with Crippen LogP contribution in [-0.2, 0) is 4.79 Å². The fraction of sp³-hybridized carbons (Fsp3) is 0.467. The van der Waals surface area contributed by atoms with Crippen LogP contribution < -0.4 is 10.6 Å². The molecule has 1 aromatic rings. The summed E-state index contributed by atoms with van der Waals surface area (Å²) in [5.74, 6) is -1.03. The molecule has 5 nitrogen and oxygen atoms in total. The predicted octanol–water partition coefficient (Wildman–Crippen LogP) is 3.41. The van der Waals surface area contributed by atoms with Crippen LogP contribution in [0.3, 0.4) is 0 Å². The van der Waals surface area contributed by atoms with Crippen molar-refractivity contribution >= 4 is 29.3 Å². The van der Waals surface area contributed by atoms with E-state index >= 15 is 0 Å². The number of aryl methyl sites for hydroxylation is 1. The molecule has 0 unspecified atom stereocenters. The van der Waals surface area contributed by atoms with Crippen molar-refractivity contribution in [2.45, 2.75) is 38.6 Å². The van der Waals surface area contributed by atoms with E-state index in [-0.39, 0.29) is 18.0 Å². The van der Waals surface area contributed by atoms with Crippen molar-refractivity contribution < 1.29 is 14.7 Å². The van der Waals surface area contributed by atoms with Gasteiger partial charge in [0.2, 0.25) is 0 Å². The summed E-state index contributed by atoms with van der Waals surface area (Å²) in [6.45, 7) is 1.92. The average Bonchev–Trinajstić information content (AvgIpc) is 2.43. The van der Waals surface area contributed by atoms with E-state index in [1.807, 2.05) is 19.1 Å². The number of hydrogen-bond acceptors (Lipinski definition) is 2. The minimum absolute atomic E-state index is 0.0178. The van der Waals surface area contributed by atoms with Crippen LogP contribution in [0.15, 0.2) is 18.2 Å². The first-order valence-corrected chi connectivity index (χ1v) is 7.40. The Labute approximate surface area is 128 Å². The third-order valence-corrected chi connectivity index (χ3v) is 4.11. The number of carbonyl (C=O) groups excluding carboxylic acids is 1. The Morgan fingerprint density at radius 2 is 1.90 bits per heavy atom. The Bertz CT molecular complexity index is 540. The van der Waals surface area contributed by atoms with Crippen molar-refractivity contribution in [3.8, 4) is 0 Å². The highest BCUT2D eigenvalue weighted by Gasteiger charge is 2.26. The zero-order valence-electron chi connectivity index (χ0n) is 11.9. The summed E-state index contributed by atoms with van der Waals surface area (Å²) < 4.78 is 0. The molecule has 2 rings (SSSR count). The molecular formula is C15H19ClN2O3. The minimum atomic E-state index is -0.746. The van der Waals surface area contributed by atoms with Crippen molar-refractivity contribution in [3.63, 3.8) is 0 Å². The Morgan fingerprint density at radius 1 is 1.24 bits per heavy atom. The second-order valence-electron chi connectivity index (χ2n) is 5.47. The number of amides is 2. The zero-order chi connectivity index (χ0) is 15.4. The normalized spacial score (nSPS) is 21.6. The summed E-state index contributed by atoms with van der Waals surface area (Å²) in [5, 5.41) is 15.0. The van der Waals surface area contributed by atoms with Crippen molar-refractivity contribution in [3.05, 3.63) is 28.8 Å². The van der Waals surface area contributed by atoms with Crippen molar-refractivity contribution in [1.29, 1.82) is 0 Å². The first-order valence-electron chi connectivity index (χ1n) is 7.02. The monoisotopic (exact) mass is 310 g/mol. The largest absolute Gasteiger partial charge is 0.481 e. The second-order valence-corrected chi connectivity index (χ2v) is 5.88. The number of anilines is 1. The third-order valence-electron chi connectivity index (χ3n) is 3.78. The van der Waals surface area contributed by atoms with Crippen molar-refractivity contribution in [1.82, 2.24) is 5.32 Å². The van der Waals surface area contributed by atoms with Gasteiger partial charge in [-0.1, -0.05) is 17.7 Å². The number of carbonyl (C=O) groups is 2. The number of urea groups is 1. The van der Waals surface area contributed by atoms with Crippen LogP contribution in [0.2, 0.25) is 5.02 Å². The molecule has 3 N–H and O–H groups in total. The van der Waals surface area contributed by atoms with Gasteiger partial charge in [0.05, 0.1) is 16.6 Å². The molecule has 0 heterocycles. The molecule has 114 valence electrons. The van der Waals surface area contributed by atoms with E-state index in [1.54, 1.807) is 6.07 Å². The van der Waals surface area contributed by atoms with Crippen LogP contribution in [0.5, 0.6) is 0 Å². The van der Waals surface area contributed by atoms with Crippen LogP contribution in [0, 0.1) is 12.8 Å². The van der Waals surface area contributed by atoms with E-state index in [9.17, 15) is 9.59 Å². The molecule has 21 heavy (non-hydrogen) atoms. The Balaban J connectivity index is 1.85. The lowest BCUT2D eigenvalue weighted by molar-refractivity contribution is -0.142. The smallest absolute Gasteiger partial charge is 0.319 e. The van der Waals surface area contributed by atoms with Gasteiger partial charge in [0.1, 0.15) is 0 Å². The number of hydrogen-bond donors (Lipinski definition) is 3. The molecule has 0 saturated heterocycles. The quantitative estimate of drug-likeness (QED) is 0.800. The summed E-state index contributed by atoms with van der Waals surface area (Å²) in [4.78, 5) is 22.8. The highest BCUT2D eigenvalue weighted by Crippen LogP contribution is 2.25. The molecule has 1 saturated carbocycles. The number of halogens is 1. The van der Waals surface area contributed by atoms with E-state index in [1.165, 1.54) is 0 Å². The molecule has 1 aliphatic rings. The molecule has 0 aliphatic heterocycles. The summed E-state index contributed by atoms with van der Waals surface area (Å²) in [6, 6.07) is 5.14. The van der Waals surface area contributed by atoms with Crippen molar-refractivity contribution in [2.24, 2.45) is 5.92 Å². The van der Waals surface area contributed by atoms with Gasteiger partial charge in [-0.3, -0.25) is 4.79 Å². The standard InChI is InChI=1S/C15H19ClN2O3/c1-9-2-7-12(16)13(8-9)18-15(21)17-11-5-3-10(4-6-11)14(19)20/h2,7-8,10-11H,3-6H2,1H3,(H,19,20)(H2,17,18,21). The molecule has 0 atom stereocenters. The molecular weight excluding hydrogens is 292 g/mol. The van der Waals surface area contributed by atoms with Crippen molar-refractivity contribution in [2.75, 3.05) is 5.32 Å². The predicted molar refractivity (Wildman–Crippen MR) is 81.7 cm³/mol.